The fourth-order valence-electron chi connectivity index (χ4n) is 2.11. The van der Waals surface area contributed by atoms with E-state index in [0.717, 1.165) is 45.0 Å². The lowest BCUT2D eigenvalue weighted by molar-refractivity contribution is 0.0184. The van der Waals surface area contributed by atoms with Gasteiger partial charge in [0.25, 0.3) is 0 Å². The van der Waals surface area contributed by atoms with Crippen LogP contribution in [0.3, 0.4) is 0 Å². The number of ether oxygens (including phenoxy) is 1. The monoisotopic (exact) mass is 238 g/mol. The second kappa shape index (κ2) is 6.19. The molecule has 1 aromatic heterocycles. The molecule has 1 aliphatic rings. The number of hydrogen-bond acceptors (Lipinski definition) is 4. The van der Waals surface area contributed by atoms with Crippen molar-refractivity contribution in [3.63, 3.8) is 0 Å². The van der Waals surface area contributed by atoms with Gasteiger partial charge in [-0.05, 0) is 26.5 Å². The van der Waals surface area contributed by atoms with Gasteiger partial charge in [-0.25, -0.2) is 0 Å². The van der Waals surface area contributed by atoms with Crippen molar-refractivity contribution in [1.29, 1.82) is 0 Å². The Morgan fingerprint density at radius 1 is 1.53 bits per heavy atom. The smallest absolute Gasteiger partial charge is 0.105 e. The predicted molar refractivity (Wildman–Crippen MR) is 67.0 cm³/mol. The van der Waals surface area contributed by atoms with Gasteiger partial charge in [-0.15, -0.1) is 0 Å². The Morgan fingerprint density at radius 2 is 2.41 bits per heavy atom. The Morgan fingerprint density at radius 3 is 3.06 bits per heavy atom. The Hall–Kier alpha value is -0.840. The summed E-state index contributed by atoms with van der Waals surface area (Å²) >= 11 is 0. The van der Waals surface area contributed by atoms with Crippen LogP contribution < -0.4 is 5.32 Å². The van der Waals surface area contributed by atoms with Crippen molar-refractivity contribution in [2.24, 2.45) is 0 Å². The van der Waals surface area contributed by atoms with Gasteiger partial charge < -0.3 is 19.4 Å². The van der Waals surface area contributed by atoms with Gasteiger partial charge in [-0.2, -0.15) is 0 Å². The zero-order valence-corrected chi connectivity index (χ0v) is 10.7. The van der Waals surface area contributed by atoms with Crippen LogP contribution in [0.2, 0.25) is 0 Å². The first-order valence-electron chi connectivity index (χ1n) is 6.29. The second-order valence-electron chi connectivity index (χ2n) is 4.73. The highest BCUT2D eigenvalue weighted by atomic mass is 16.5. The molecule has 17 heavy (non-hydrogen) atoms. The summed E-state index contributed by atoms with van der Waals surface area (Å²) in [5.41, 5.74) is 1.27. The molecular formula is C13H22N2O2. The molecule has 96 valence electrons. The van der Waals surface area contributed by atoms with E-state index < -0.39 is 0 Å². The zero-order chi connectivity index (χ0) is 12.1. The summed E-state index contributed by atoms with van der Waals surface area (Å²) < 4.78 is 11.0. The summed E-state index contributed by atoms with van der Waals surface area (Å²) in [6.45, 7) is 6.82. The maximum Gasteiger partial charge on any atom is 0.105 e. The first-order chi connectivity index (χ1) is 8.25. The van der Waals surface area contributed by atoms with Crippen molar-refractivity contribution < 1.29 is 9.15 Å². The molecule has 2 rings (SSSR count). The van der Waals surface area contributed by atoms with E-state index in [2.05, 4.69) is 17.3 Å². The van der Waals surface area contributed by atoms with E-state index in [1.54, 1.807) is 6.26 Å². The van der Waals surface area contributed by atoms with Crippen LogP contribution in [0.4, 0.5) is 0 Å². The molecule has 0 amide bonds. The van der Waals surface area contributed by atoms with Crippen LogP contribution in [0, 0.1) is 6.92 Å². The summed E-state index contributed by atoms with van der Waals surface area (Å²) in [6, 6.07) is 2.05. The number of hydrogen-bond donors (Lipinski definition) is 1. The molecule has 4 heteroatoms. The van der Waals surface area contributed by atoms with E-state index in [0.29, 0.717) is 6.10 Å². The predicted octanol–water partition coefficient (Wildman–Crippen LogP) is 1.40. The minimum Gasteiger partial charge on any atom is -0.469 e. The normalized spacial score (nSPS) is 21.0. The van der Waals surface area contributed by atoms with Crippen LogP contribution in [0.5, 0.6) is 0 Å². The van der Waals surface area contributed by atoms with Gasteiger partial charge in [0.1, 0.15) is 5.76 Å². The van der Waals surface area contributed by atoms with Crippen LogP contribution in [0.15, 0.2) is 16.7 Å². The number of rotatable bonds is 5. The lowest BCUT2D eigenvalue weighted by atomic mass is 10.2. The van der Waals surface area contributed by atoms with Gasteiger partial charge in [0.2, 0.25) is 0 Å². The van der Waals surface area contributed by atoms with Crippen molar-refractivity contribution >= 4 is 0 Å². The molecule has 1 unspecified atom stereocenters. The third-order valence-electron chi connectivity index (χ3n) is 3.24. The second-order valence-corrected chi connectivity index (χ2v) is 4.73. The maximum atomic E-state index is 5.68. The van der Waals surface area contributed by atoms with Crippen LogP contribution >= 0.6 is 0 Å². The number of nitrogens with one attached hydrogen (secondary N) is 1. The van der Waals surface area contributed by atoms with Crippen LogP contribution in [-0.4, -0.2) is 44.3 Å². The standard InChI is InChI=1S/C13H22N2O2/c1-11-12(4-7-16-11)10-15(2)6-3-13-9-14-5-8-17-13/h4,7,13-14H,3,5-6,8-10H2,1-2H3. The van der Waals surface area contributed by atoms with Gasteiger partial charge in [0.15, 0.2) is 0 Å². The molecule has 1 N–H and O–H groups in total. The highest BCUT2D eigenvalue weighted by Crippen LogP contribution is 2.11. The summed E-state index contributed by atoms with van der Waals surface area (Å²) in [6.07, 6.45) is 3.21. The van der Waals surface area contributed by atoms with Crippen molar-refractivity contribution in [3.05, 3.63) is 23.7 Å². The third-order valence-corrected chi connectivity index (χ3v) is 3.24. The molecule has 0 bridgehead atoms. The molecular weight excluding hydrogens is 216 g/mol. The van der Waals surface area contributed by atoms with Crippen molar-refractivity contribution in [3.8, 4) is 0 Å². The SMILES string of the molecule is Cc1occc1CN(C)CCC1CNCCO1. The average molecular weight is 238 g/mol. The fourth-order valence-corrected chi connectivity index (χ4v) is 2.11. The molecule has 2 heterocycles. The quantitative estimate of drug-likeness (QED) is 0.841. The minimum absolute atomic E-state index is 0.372. The summed E-state index contributed by atoms with van der Waals surface area (Å²) in [4.78, 5) is 2.32. The zero-order valence-electron chi connectivity index (χ0n) is 10.7. The van der Waals surface area contributed by atoms with E-state index in [-0.39, 0.29) is 0 Å². The Kier molecular flexibility index (Phi) is 4.59. The van der Waals surface area contributed by atoms with Crippen molar-refractivity contribution in [1.82, 2.24) is 10.2 Å². The molecule has 0 saturated carbocycles. The molecule has 4 nitrogen and oxygen atoms in total. The number of aryl methyl sites for hydroxylation is 1. The van der Waals surface area contributed by atoms with Gasteiger partial charge in [0, 0.05) is 31.7 Å². The van der Waals surface area contributed by atoms with Crippen LogP contribution in [0.1, 0.15) is 17.7 Å². The number of morpholine rings is 1. The van der Waals surface area contributed by atoms with Gasteiger partial charge in [-0.3, -0.25) is 0 Å². The Bertz CT molecular complexity index is 332. The van der Waals surface area contributed by atoms with Crippen molar-refractivity contribution in [2.75, 3.05) is 33.3 Å². The van der Waals surface area contributed by atoms with Gasteiger partial charge in [0.05, 0.1) is 19.0 Å². The molecule has 0 aliphatic carbocycles. The third kappa shape index (κ3) is 3.84. The van der Waals surface area contributed by atoms with E-state index in [1.165, 1.54) is 5.56 Å². The highest BCUT2D eigenvalue weighted by Gasteiger charge is 2.14. The summed E-state index contributed by atoms with van der Waals surface area (Å²) in [5.74, 6) is 1.02. The molecule has 0 radical (unpaired) electrons. The fraction of sp³-hybridized carbons (Fsp3) is 0.692. The number of furan rings is 1. The van der Waals surface area contributed by atoms with E-state index in [9.17, 15) is 0 Å². The molecule has 1 aromatic rings. The summed E-state index contributed by atoms with van der Waals surface area (Å²) in [5, 5.41) is 3.35. The van der Waals surface area contributed by atoms with E-state index >= 15 is 0 Å². The minimum atomic E-state index is 0.372. The molecule has 1 aliphatic heterocycles. The maximum absolute atomic E-state index is 5.68. The van der Waals surface area contributed by atoms with Crippen LogP contribution in [0.25, 0.3) is 0 Å². The number of nitrogens with zero attached hydrogens (tertiary/aromatic N) is 1. The molecule has 1 saturated heterocycles. The average Bonchev–Trinajstić information content (AvgIpc) is 2.74. The first kappa shape index (κ1) is 12.6. The Balaban J connectivity index is 1.70. The first-order valence-corrected chi connectivity index (χ1v) is 6.29. The van der Waals surface area contributed by atoms with Gasteiger partial charge >= 0.3 is 0 Å². The largest absolute Gasteiger partial charge is 0.469 e. The molecule has 1 fully saturated rings. The summed E-state index contributed by atoms with van der Waals surface area (Å²) in [7, 11) is 2.14. The topological polar surface area (TPSA) is 37.6 Å². The van der Waals surface area contributed by atoms with Crippen molar-refractivity contribution in [2.45, 2.75) is 26.0 Å². The van der Waals surface area contributed by atoms with E-state index in [1.807, 2.05) is 13.0 Å². The van der Waals surface area contributed by atoms with Gasteiger partial charge in [-0.1, -0.05) is 0 Å². The Labute approximate surface area is 103 Å². The lowest BCUT2D eigenvalue weighted by Crippen LogP contribution is -2.40. The molecule has 1 atom stereocenters. The molecule has 0 aromatic carbocycles. The molecule has 0 spiro atoms. The highest BCUT2D eigenvalue weighted by molar-refractivity contribution is 5.14. The lowest BCUT2D eigenvalue weighted by Gasteiger charge is -2.25. The van der Waals surface area contributed by atoms with E-state index in [4.69, 9.17) is 9.15 Å². The van der Waals surface area contributed by atoms with Crippen LogP contribution in [-0.2, 0) is 11.3 Å².